The Balaban J connectivity index is 0.00000192. The average Bonchev–Trinajstić information content (AvgIpc) is 3.04. The molecule has 2 aliphatic heterocycles. The molecule has 0 aliphatic carbocycles. The molecular weight excluding hydrogens is 310 g/mol. The van der Waals surface area contributed by atoms with E-state index in [0.717, 1.165) is 57.7 Å². The second-order valence-corrected chi connectivity index (χ2v) is 6.76. The van der Waals surface area contributed by atoms with Crippen molar-refractivity contribution in [1.82, 2.24) is 9.80 Å². The first-order chi connectivity index (χ1) is 10.7. The Hall–Kier alpha value is -1.26. The van der Waals surface area contributed by atoms with E-state index in [4.69, 9.17) is 5.73 Å². The van der Waals surface area contributed by atoms with Crippen LogP contribution in [0.25, 0.3) is 0 Å². The molecule has 2 aliphatic rings. The van der Waals surface area contributed by atoms with Crippen LogP contribution in [0.1, 0.15) is 37.7 Å². The maximum Gasteiger partial charge on any atom is 0.222 e. The topological polar surface area (TPSA) is 49.6 Å². The molecule has 4 nitrogen and oxygen atoms in total. The monoisotopic (exact) mass is 337 g/mol. The van der Waals surface area contributed by atoms with Crippen molar-refractivity contribution in [3.63, 3.8) is 0 Å². The van der Waals surface area contributed by atoms with Crippen LogP contribution in [0.5, 0.6) is 0 Å². The quantitative estimate of drug-likeness (QED) is 0.859. The van der Waals surface area contributed by atoms with Crippen molar-refractivity contribution in [3.8, 4) is 0 Å². The van der Waals surface area contributed by atoms with Crippen LogP contribution in [-0.4, -0.2) is 41.9 Å². The maximum absolute atomic E-state index is 12.2. The summed E-state index contributed by atoms with van der Waals surface area (Å²) in [6.07, 6.45) is 5.41. The summed E-state index contributed by atoms with van der Waals surface area (Å²) < 4.78 is 0. The van der Waals surface area contributed by atoms with Gasteiger partial charge in [0.25, 0.3) is 0 Å². The molecule has 1 amide bonds. The lowest BCUT2D eigenvalue weighted by Gasteiger charge is -2.32. The number of carbonyl (C=O) groups excluding carboxylic acids is 1. The number of piperidine rings is 1. The van der Waals surface area contributed by atoms with Crippen molar-refractivity contribution in [1.29, 1.82) is 0 Å². The molecule has 2 saturated heterocycles. The van der Waals surface area contributed by atoms with E-state index in [1.165, 1.54) is 18.4 Å². The predicted octanol–water partition coefficient (Wildman–Crippen LogP) is 2.92. The third kappa shape index (κ3) is 5.11. The summed E-state index contributed by atoms with van der Waals surface area (Å²) >= 11 is 0. The molecular formula is C18H28ClN3O. The Morgan fingerprint density at radius 2 is 1.83 bits per heavy atom. The number of amides is 1. The van der Waals surface area contributed by atoms with Gasteiger partial charge in [0.1, 0.15) is 0 Å². The second kappa shape index (κ2) is 8.55. The molecule has 2 heterocycles. The molecule has 23 heavy (non-hydrogen) atoms. The fraction of sp³-hybridized carbons (Fsp3) is 0.611. The van der Waals surface area contributed by atoms with Crippen molar-refractivity contribution >= 4 is 24.0 Å². The minimum absolute atomic E-state index is 0. The van der Waals surface area contributed by atoms with E-state index in [1.807, 2.05) is 12.1 Å². The molecule has 0 saturated carbocycles. The Morgan fingerprint density at radius 1 is 1.13 bits per heavy atom. The number of carbonyl (C=O) groups is 1. The van der Waals surface area contributed by atoms with E-state index >= 15 is 0 Å². The van der Waals surface area contributed by atoms with Crippen LogP contribution in [0.4, 0.5) is 5.69 Å². The fourth-order valence-corrected chi connectivity index (χ4v) is 3.64. The fourth-order valence-electron chi connectivity index (χ4n) is 3.64. The Morgan fingerprint density at radius 3 is 2.48 bits per heavy atom. The van der Waals surface area contributed by atoms with E-state index in [0.29, 0.717) is 11.8 Å². The highest BCUT2D eigenvalue weighted by Crippen LogP contribution is 2.24. The van der Waals surface area contributed by atoms with Crippen LogP contribution in [0.15, 0.2) is 24.3 Å². The summed E-state index contributed by atoms with van der Waals surface area (Å²) in [7, 11) is 0. The molecule has 0 spiro atoms. The highest BCUT2D eigenvalue weighted by atomic mass is 35.5. The Kier molecular flexibility index (Phi) is 6.72. The second-order valence-electron chi connectivity index (χ2n) is 6.76. The summed E-state index contributed by atoms with van der Waals surface area (Å²) in [5, 5.41) is 0. The maximum atomic E-state index is 12.2. The number of halogens is 1. The molecule has 3 rings (SSSR count). The SMILES string of the molecule is Cl.Nc1cccc(CN2CCC(CC(=O)N3CCCC3)CC2)c1. The van der Waals surface area contributed by atoms with Gasteiger partial charge in [0.15, 0.2) is 0 Å². The zero-order chi connectivity index (χ0) is 15.4. The normalized spacial score (nSPS) is 19.6. The lowest BCUT2D eigenvalue weighted by molar-refractivity contribution is -0.131. The van der Waals surface area contributed by atoms with Gasteiger partial charge in [-0.15, -0.1) is 12.4 Å². The van der Waals surface area contributed by atoms with E-state index in [2.05, 4.69) is 21.9 Å². The molecule has 0 atom stereocenters. The van der Waals surface area contributed by atoms with Crippen molar-refractivity contribution in [2.24, 2.45) is 5.92 Å². The molecule has 5 heteroatoms. The highest BCUT2D eigenvalue weighted by Gasteiger charge is 2.25. The van der Waals surface area contributed by atoms with Crippen molar-refractivity contribution in [2.45, 2.75) is 38.6 Å². The molecule has 0 unspecified atom stereocenters. The van der Waals surface area contributed by atoms with Crippen molar-refractivity contribution in [2.75, 3.05) is 31.9 Å². The van der Waals surface area contributed by atoms with Gasteiger partial charge >= 0.3 is 0 Å². The van der Waals surface area contributed by atoms with Gasteiger partial charge in [-0.05, 0) is 62.4 Å². The van der Waals surface area contributed by atoms with Crippen LogP contribution < -0.4 is 5.73 Å². The first-order valence-electron chi connectivity index (χ1n) is 8.55. The molecule has 0 radical (unpaired) electrons. The lowest BCUT2D eigenvalue weighted by Crippen LogP contribution is -2.36. The molecule has 2 fully saturated rings. The zero-order valence-corrected chi connectivity index (χ0v) is 14.6. The number of hydrogen-bond donors (Lipinski definition) is 1. The third-order valence-corrected chi connectivity index (χ3v) is 4.99. The van der Waals surface area contributed by atoms with Crippen LogP contribution in [0, 0.1) is 5.92 Å². The average molecular weight is 338 g/mol. The summed E-state index contributed by atoms with van der Waals surface area (Å²) in [4.78, 5) is 16.8. The number of nitrogens with two attached hydrogens (primary N) is 1. The van der Waals surface area contributed by atoms with Crippen molar-refractivity contribution < 1.29 is 4.79 Å². The van der Waals surface area contributed by atoms with Gasteiger partial charge in [-0.25, -0.2) is 0 Å². The number of nitrogen functional groups attached to an aromatic ring is 1. The van der Waals surface area contributed by atoms with Crippen LogP contribution >= 0.6 is 12.4 Å². The van der Waals surface area contributed by atoms with Gasteiger partial charge in [-0.3, -0.25) is 9.69 Å². The standard InChI is InChI=1S/C18H27N3O.ClH/c19-17-5-3-4-16(12-17)14-20-10-6-15(7-11-20)13-18(22)21-8-1-2-9-21;/h3-5,12,15H,1-2,6-11,13-14,19H2;1H. The van der Waals surface area contributed by atoms with Gasteiger partial charge in [0.2, 0.25) is 5.91 Å². The Bertz CT molecular complexity index is 509. The summed E-state index contributed by atoms with van der Waals surface area (Å²) in [6, 6.07) is 8.15. The number of rotatable bonds is 4. The van der Waals surface area contributed by atoms with Crippen LogP contribution in [-0.2, 0) is 11.3 Å². The van der Waals surface area contributed by atoms with E-state index < -0.39 is 0 Å². The van der Waals surface area contributed by atoms with Crippen LogP contribution in [0.3, 0.4) is 0 Å². The molecule has 2 N–H and O–H groups in total. The minimum atomic E-state index is 0. The molecule has 128 valence electrons. The summed E-state index contributed by atoms with van der Waals surface area (Å²) in [6.45, 7) is 5.11. The minimum Gasteiger partial charge on any atom is -0.399 e. The Labute approximate surface area is 145 Å². The van der Waals surface area contributed by atoms with Gasteiger partial charge in [0.05, 0.1) is 0 Å². The van der Waals surface area contributed by atoms with Gasteiger partial charge < -0.3 is 10.6 Å². The van der Waals surface area contributed by atoms with Gasteiger partial charge in [-0.2, -0.15) is 0 Å². The number of benzene rings is 1. The summed E-state index contributed by atoms with van der Waals surface area (Å²) in [5.74, 6) is 0.956. The van der Waals surface area contributed by atoms with E-state index in [-0.39, 0.29) is 12.4 Å². The number of anilines is 1. The highest BCUT2D eigenvalue weighted by molar-refractivity contribution is 5.85. The van der Waals surface area contributed by atoms with E-state index in [1.54, 1.807) is 0 Å². The molecule has 0 aromatic heterocycles. The molecule has 1 aromatic rings. The lowest BCUT2D eigenvalue weighted by atomic mass is 9.92. The smallest absolute Gasteiger partial charge is 0.222 e. The first-order valence-corrected chi connectivity index (χ1v) is 8.55. The zero-order valence-electron chi connectivity index (χ0n) is 13.7. The number of hydrogen-bond acceptors (Lipinski definition) is 3. The van der Waals surface area contributed by atoms with E-state index in [9.17, 15) is 4.79 Å². The third-order valence-electron chi connectivity index (χ3n) is 4.99. The predicted molar refractivity (Wildman–Crippen MR) is 96.5 cm³/mol. The van der Waals surface area contributed by atoms with Crippen LogP contribution in [0.2, 0.25) is 0 Å². The first kappa shape index (κ1) is 18.1. The number of nitrogens with zero attached hydrogens (tertiary/aromatic N) is 2. The van der Waals surface area contributed by atoms with Gasteiger partial charge in [-0.1, -0.05) is 12.1 Å². The molecule has 1 aromatic carbocycles. The number of likely N-dealkylation sites (tertiary alicyclic amines) is 2. The summed E-state index contributed by atoms with van der Waals surface area (Å²) in [5.41, 5.74) is 7.96. The largest absolute Gasteiger partial charge is 0.399 e. The molecule has 0 bridgehead atoms. The van der Waals surface area contributed by atoms with Crippen molar-refractivity contribution in [3.05, 3.63) is 29.8 Å². The van der Waals surface area contributed by atoms with Gasteiger partial charge in [0, 0.05) is 31.7 Å².